The first kappa shape index (κ1) is 8.92. The summed E-state index contributed by atoms with van der Waals surface area (Å²) >= 11 is 0. The second-order valence-corrected chi connectivity index (χ2v) is 4.99. The Morgan fingerprint density at radius 1 is 1.44 bits per heavy atom. The molecule has 0 fully saturated rings. The van der Waals surface area contributed by atoms with Crippen molar-refractivity contribution in [2.24, 2.45) is 0 Å². The molecule has 0 aromatic carbocycles. The van der Waals surface area contributed by atoms with Gasteiger partial charge in [0.05, 0.1) is 15.4 Å². The third kappa shape index (κ3) is 7.92. The third-order valence-corrected chi connectivity index (χ3v) is 1.62. The second-order valence-electron chi connectivity index (χ2n) is 2.29. The molecule has 0 rings (SSSR count). The molecule has 9 heavy (non-hydrogen) atoms. The summed E-state index contributed by atoms with van der Waals surface area (Å²) in [5.41, 5.74) is 0. The molecule has 0 saturated carbocycles. The Balaban J connectivity index is 2.91. The molecule has 0 aromatic rings. The summed E-state index contributed by atoms with van der Waals surface area (Å²) in [6, 6.07) is 0. The van der Waals surface area contributed by atoms with Gasteiger partial charge in [0.15, 0.2) is 0 Å². The molecule has 0 atom stereocenters. The van der Waals surface area contributed by atoms with E-state index in [-0.39, 0.29) is 8.80 Å². The summed E-state index contributed by atoms with van der Waals surface area (Å²) in [5, 5.41) is 0. The van der Waals surface area contributed by atoms with Gasteiger partial charge in [-0.2, -0.15) is 0 Å². The van der Waals surface area contributed by atoms with Crippen molar-refractivity contribution in [3.05, 3.63) is 12.2 Å². The lowest BCUT2D eigenvalue weighted by Crippen LogP contribution is -2.11. The fourth-order valence-electron chi connectivity index (χ4n) is 0.427. The van der Waals surface area contributed by atoms with Crippen LogP contribution in [-0.4, -0.2) is 21.6 Å². The second kappa shape index (κ2) is 6.04. The molecule has 0 aliphatic carbocycles. The topological polar surface area (TPSA) is 9.23 Å². The maximum atomic E-state index is 5.29. The van der Waals surface area contributed by atoms with E-state index in [4.69, 9.17) is 4.74 Å². The molecule has 0 aliphatic rings. The monoisotopic (exact) mass is 143 g/mol. The molecule has 0 aromatic heterocycles. The van der Waals surface area contributed by atoms with Crippen LogP contribution in [0.4, 0.5) is 0 Å². The van der Waals surface area contributed by atoms with E-state index in [1.54, 1.807) is 0 Å². The normalized spacial score (nSPS) is 11.6. The van der Waals surface area contributed by atoms with Gasteiger partial charge < -0.3 is 4.74 Å². The first-order chi connectivity index (χ1) is 4.27. The maximum Gasteiger partial charge on any atom is 0.0741 e. The van der Waals surface area contributed by atoms with Gasteiger partial charge in [-0.25, -0.2) is 0 Å². The number of ether oxygens (including phenoxy) is 1. The standard InChI is InChI=1S/C7H15OSi/c1-4-5-6-8-7-9(2)3/h4-5H,6-7H2,1-3H3. The van der Waals surface area contributed by atoms with Gasteiger partial charge in [-0.3, -0.25) is 0 Å². The molecule has 0 saturated heterocycles. The Morgan fingerprint density at radius 3 is 2.56 bits per heavy atom. The van der Waals surface area contributed by atoms with Gasteiger partial charge in [-0.15, -0.1) is 0 Å². The van der Waals surface area contributed by atoms with Gasteiger partial charge in [-0.1, -0.05) is 25.2 Å². The van der Waals surface area contributed by atoms with Crippen molar-refractivity contribution in [2.45, 2.75) is 20.0 Å². The molecular formula is C7H15OSi. The molecule has 53 valence electrons. The number of hydrogen-bond acceptors (Lipinski definition) is 1. The lowest BCUT2D eigenvalue weighted by Gasteiger charge is -2.00. The van der Waals surface area contributed by atoms with Crippen LogP contribution in [0.25, 0.3) is 0 Å². The first-order valence-electron chi connectivity index (χ1n) is 3.25. The Morgan fingerprint density at radius 2 is 2.11 bits per heavy atom. The molecule has 0 aliphatic heterocycles. The van der Waals surface area contributed by atoms with E-state index in [9.17, 15) is 0 Å². The van der Waals surface area contributed by atoms with Gasteiger partial charge >= 0.3 is 0 Å². The Labute approximate surface area is 59.3 Å². The predicted octanol–water partition coefficient (Wildman–Crippen LogP) is 1.87. The van der Waals surface area contributed by atoms with Crippen molar-refractivity contribution in [2.75, 3.05) is 12.8 Å². The highest BCUT2D eigenvalue weighted by atomic mass is 28.3. The van der Waals surface area contributed by atoms with E-state index in [1.807, 2.05) is 19.1 Å². The van der Waals surface area contributed by atoms with Crippen molar-refractivity contribution in [1.82, 2.24) is 0 Å². The third-order valence-electron chi connectivity index (χ3n) is 0.841. The maximum absolute atomic E-state index is 5.29. The van der Waals surface area contributed by atoms with Gasteiger partial charge in [0, 0.05) is 6.23 Å². The molecule has 1 radical (unpaired) electrons. The fraction of sp³-hybridized carbons (Fsp3) is 0.714. The minimum absolute atomic E-state index is 0.171. The SMILES string of the molecule is CC=CCOC[Si](C)C. The molecule has 0 unspecified atom stereocenters. The van der Waals surface area contributed by atoms with Crippen LogP contribution in [0.3, 0.4) is 0 Å². The smallest absolute Gasteiger partial charge is 0.0741 e. The van der Waals surface area contributed by atoms with Crippen LogP contribution < -0.4 is 0 Å². The predicted molar refractivity (Wildman–Crippen MR) is 43.1 cm³/mol. The summed E-state index contributed by atoms with van der Waals surface area (Å²) in [6.07, 6.45) is 5.01. The summed E-state index contributed by atoms with van der Waals surface area (Å²) in [4.78, 5) is 0. The van der Waals surface area contributed by atoms with Crippen molar-refractivity contribution in [3.8, 4) is 0 Å². The first-order valence-corrected chi connectivity index (χ1v) is 5.96. The average Bonchev–Trinajstić information content (AvgIpc) is 1.80. The van der Waals surface area contributed by atoms with Gasteiger partial charge in [0.25, 0.3) is 0 Å². The average molecular weight is 143 g/mol. The summed E-state index contributed by atoms with van der Waals surface area (Å²) in [7, 11) is -0.171. The molecule has 0 N–H and O–H groups in total. The number of rotatable bonds is 4. The van der Waals surface area contributed by atoms with Crippen molar-refractivity contribution < 1.29 is 4.74 Å². The van der Waals surface area contributed by atoms with E-state index in [2.05, 4.69) is 13.1 Å². The zero-order valence-electron chi connectivity index (χ0n) is 6.48. The highest BCUT2D eigenvalue weighted by Crippen LogP contribution is 1.82. The zero-order chi connectivity index (χ0) is 7.11. The minimum atomic E-state index is -0.171. The van der Waals surface area contributed by atoms with Crippen molar-refractivity contribution in [3.63, 3.8) is 0 Å². The van der Waals surface area contributed by atoms with Gasteiger partial charge in [-0.05, 0) is 6.92 Å². The fourth-order valence-corrected chi connectivity index (χ4v) is 0.953. The largest absolute Gasteiger partial charge is 0.381 e. The highest BCUT2D eigenvalue weighted by Gasteiger charge is 1.92. The molecular weight excluding hydrogens is 128 g/mol. The van der Waals surface area contributed by atoms with Crippen LogP contribution in [0.1, 0.15) is 6.92 Å². The van der Waals surface area contributed by atoms with Crippen LogP contribution >= 0.6 is 0 Å². The van der Waals surface area contributed by atoms with E-state index in [1.165, 1.54) is 0 Å². The molecule has 1 nitrogen and oxygen atoms in total. The quantitative estimate of drug-likeness (QED) is 0.332. The zero-order valence-corrected chi connectivity index (χ0v) is 7.48. The summed E-state index contributed by atoms with van der Waals surface area (Å²) in [5.74, 6) is 0. The van der Waals surface area contributed by atoms with Crippen LogP contribution in [0.5, 0.6) is 0 Å². The lowest BCUT2D eigenvalue weighted by molar-refractivity contribution is 0.208. The van der Waals surface area contributed by atoms with E-state index < -0.39 is 0 Å². The molecule has 0 amide bonds. The Kier molecular flexibility index (Phi) is 5.99. The van der Waals surface area contributed by atoms with Crippen molar-refractivity contribution >= 4 is 8.80 Å². The van der Waals surface area contributed by atoms with Crippen LogP contribution in [0.2, 0.25) is 13.1 Å². The molecule has 0 heterocycles. The van der Waals surface area contributed by atoms with E-state index >= 15 is 0 Å². The van der Waals surface area contributed by atoms with E-state index in [0.717, 1.165) is 12.8 Å². The minimum Gasteiger partial charge on any atom is -0.381 e. The highest BCUT2D eigenvalue weighted by molar-refractivity contribution is 6.55. The van der Waals surface area contributed by atoms with Crippen LogP contribution in [0, 0.1) is 0 Å². The van der Waals surface area contributed by atoms with Gasteiger partial charge in [0.2, 0.25) is 0 Å². The Hall–Kier alpha value is -0.0831. The van der Waals surface area contributed by atoms with E-state index in [0.29, 0.717) is 0 Å². The number of hydrogen-bond donors (Lipinski definition) is 0. The summed E-state index contributed by atoms with van der Waals surface area (Å²) in [6.45, 7) is 7.29. The van der Waals surface area contributed by atoms with Crippen LogP contribution in [-0.2, 0) is 4.74 Å². The molecule has 0 bridgehead atoms. The number of allylic oxidation sites excluding steroid dienone is 1. The lowest BCUT2D eigenvalue weighted by atomic mass is 10.6. The molecule has 2 heteroatoms. The van der Waals surface area contributed by atoms with Crippen molar-refractivity contribution in [1.29, 1.82) is 0 Å². The Bertz CT molecular complexity index is 79.0. The van der Waals surface area contributed by atoms with Crippen LogP contribution in [0.15, 0.2) is 12.2 Å². The molecule has 0 spiro atoms. The summed E-state index contributed by atoms with van der Waals surface area (Å²) < 4.78 is 5.29. The van der Waals surface area contributed by atoms with Gasteiger partial charge in [0.1, 0.15) is 0 Å².